The number of sulfone groups is 1. The molecule has 0 saturated carbocycles. The molecule has 0 N–H and O–H groups in total. The second-order valence-corrected chi connectivity index (χ2v) is 10.5. The maximum absolute atomic E-state index is 12.2. The summed E-state index contributed by atoms with van der Waals surface area (Å²) in [4.78, 5) is 19.2. The number of fused-ring (bicyclic) bond motifs is 1. The fraction of sp³-hybridized carbons (Fsp3) is 0.280. The number of ether oxygens (including phenoxy) is 1. The van der Waals surface area contributed by atoms with E-state index < -0.39 is 9.84 Å². The molecule has 8 nitrogen and oxygen atoms in total. The first-order valence-electron chi connectivity index (χ1n) is 11.1. The van der Waals surface area contributed by atoms with Gasteiger partial charge in [0.15, 0.2) is 15.6 Å². The van der Waals surface area contributed by atoms with Crippen LogP contribution in [-0.2, 0) is 9.84 Å². The average molecular weight is 480 g/mol. The van der Waals surface area contributed by atoms with Crippen LogP contribution in [0.1, 0.15) is 23.4 Å². The van der Waals surface area contributed by atoms with E-state index in [1.54, 1.807) is 36.5 Å². The van der Waals surface area contributed by atoms with Gasteiger partial charge < -0.3 is 13.7 Å². The maximum Gasteiger partial charge on any atom is 0.211 e. The summed E-state index contributed by atoms with van der Waals surface area (Å²) in [6.07, 6.45) is 8.04. The smallest absolute Gasteiger partial charge is 0.211 e. The highest BCUT2D eigenvalue weighted by molar-refractivity contribution is 7.90. The average Bonchev–Trinajstić information content (AvgIpc) is 3.50. The molecular formula is C25H25N3O5S. The number of rotatable bonds is 7. The van der Waals surface area contributed by atoms with Gasteiger partial charge in [0, 0.05) is 30.9 Å². The molecular weight excluding hydrogens is 454 g/mol. The first-order chi connectivity index (χ1) is 16.4. The highest BCUT2D eigenvalue weighted by Gasteiger charge is 2.23. The Bertz CT molecular complexity index is 1400. The first kappa shape index (κ1) is 22.4. The molecule has 0 radical (unpaired) electrons. The number of hydrogen-bond donors (Lipinski definition) is 0. The normalized spacial score (nSPS) is 15.6. The highest BCUT2D eigenvalue weighted by atomic mass is 32.2. The number of benzene rings is 1. The molecule has 1 saturated heterocycles. The number of hydrogen-bond acceptors (Lipinski definition) is 7. The molecule has 1 aliphatic heterocycles. The van der Waals surface area contributed by atoms with Gasteiger partial charge in [-0.2, -0.15) is 0 Å². The van der Waals surface area contributed by atoms with Gasteiger partial charge in [0.25, 0.3) is 0 Å². The SMILES string of the molecule is CS(=O)(=O)c1ccc2c(ccn2-c2ccc(OC3CCN(CC(=O)c4ccco4)CC3)cn2)c1. The van der Waals surface area contributed by atoms with Gasteiger partial charge in [-0.25, -0.2) is 13.4 Å². The van der Waals surface area contributed by atoms with E-state index in [4.69, 9.17) is 9.15 Å². The van der Waals surface area contributed by atoms with Gasteiger partial charge >= 0.3 is 0 Å². The van der Waals surface area contributed by atoms with Gasteiger partial charge in [-0.3, -0.25) is 9.69 Å². The number of Topliss-reactive ketones (excluding diaryl/α,β-unsaturated/α-hetero) is 1. The molecule has 1 aromatic carbocycles. The van der Waals surface area contributed by atoms with Crippen LogP contribution < -0.4 is 4.74 Å². The third-order valence-corrected chi connectivity index (χ3v) is 7.17. The minimum Gasteiger partial charge on any atom is -0.489 e. The summed E-state index contributed by atoms with van der Waals surface area (Å²) in [6.45, 7) is 1.92. The maximum atomic E-state index is 12.2. The number of piperidine rings is 1. The fourth-order valence-electron chi connectivity index (χ4n) is 4.23. The zero-order valence-corrected chi connectivity index (χ0v) is 19.6. The molecule has 4 aromatic rings. The lowest BCUT2D eigenvalue weighted by atomic mass is 10.1. The lowest BCUT2D eigenvalue weighted by Gasteiger charge is -2.31. The predicted octanol–water partition coefficient (Wildman–Crippen LogP) is 3.75. The second-order valence-electron chi connectivity index (χ2n) is 8.52. The van der Waals surface area contributed by atoms with Gasteiger partial charge in [0.05, 0.1) is 29.4 Å². The van der Waals surface area contributed by atoms with Crippen molar-refractivity contribution >= 4 is 26.5 Å². The van der Waals surface area contributed by atoms with E-state index in [0.29, 0.717) is 22.9 Å². The van der Waals surface area contributed by atoms with Gasteiger partial charge in [-0.05, 0) is 61.4 Å². The Balaban J connectivity index is 1.20. The summed E-state index contributed by atoms with van der Waals surface area (Å²) < 4.78 is 36.9. The minimum absolute atomic E-state index is 0.00534. The van der Waals surface area contributed by atoms with Crippen LogP contribution in [0.5, 0.6) is 5.75 Å². The molecule has 34 heavy (non-hydrogen) atoms. The van der Waals surface area contributed by atoms with Crippen molar-refractivity contribution in [2.45, 2.75) is 23.8 Å². The Morgan fingerprint density at radius 1 is 1.15 bits per heavy atom. The van der Waals surface area contributed by atoms with E-state index in [-0.39, 0.29) is 11.9 Å². The van der Waals surface area contributed by atoms with Crippen molar-refractivity contribution in [2.24, 2.45) is 0 Å². The van der Waals surface area contributed by atoms with Gasteiger partial charge in [0.2, 0.25) is 5.78 Å². The van der Waals surface area contributed by atoms with Crippen molar-refractivity contribution in [2.75, 3.05) is 25.9 Å². The van der Waals surface area contributed by atoms with Gasteiger partial charge in [-0.15, -0.1) is 0 Å². The molecule has 0 amide bonds. The number of nitrogens with zero attached hydrogens (tertiary/aromatic N) is 3. The van der Waals surface area contributed by atoms with E-state index in [2.05, 4.69) is 9.88 Å². The summed E-state index contributed by atoms with van der Waals surface area (Å²) >= 11 is 0. The van der Waals surface area contributed by atoms with E-state index in [0.717, 1.165) is 42.7 Å². The third kappa shape index (κ3) is 4.76. The summed E-state index contributed by atoms with van der Waals surface area (Å²) in [6, 6.07) is 14.1. The summed E-state index contributed by atoms with van der Waals surface area (Å²) in [7, 11) is -3.25. The van der Waals surface area contributed by atoms with Crippen LogP contribution in [0.3, 0.4) is 0 Å². The Morgan fingerprint density at radius 2 is 1.97 bits per heavy atom. The van der Waals surface area contributed by atoms with Crippen molar-refractivity contribution in [3.63, 3.8) is 0 Å². The topological polar surface area (TPSA) is 94.6 Å². The zero-order chi connectivity index (χ0) is 23.7. The van der Waals surface area contributed by atoms with Gasteiger partial charge in [-0.1, -0.05) is 0 Å². The quantitative estimate of drug-likeness (QED) is 0.373. The van der Waals surface area contributed by atoms with Crippen LogP contribution in [-0.4, -0.2) is 60.6 Å². The number of furan rings is 1. The number of aromatic nitrogens is 2. The fourth-order valence-corrected chi connectivity index (χ4v) is 4.89. The molecule has 0 spiro atoms. The van der Waals surface area contributed by atoms with Crippen LogP contribution in [0.15, 0.2) is 76.5 Å². The van der Waals surface area contributed by atoms with Crippen LogP contribution in [0, 0.1) is 0 Å². The lowest BCUT2D eigenvalue weighted by molar-refractivity contribution is 0.0769. The van der Waals surface area contributed by atoms with Crippen molar-refractivity contribution < 1.29 is 22.4 Å². The molecule has 0 aliphatic carbocycles. The zero-order valence-electron chi connectivity index (χ0n) is 18.8. The van der Waals surface area contributed by atoms with Crippen LogP contribution in [0.4, 0.5) is 0 Å². The van der Waals surface area contributed by atoms with E-state index in [1.165, 1.54) is 12.5 Å². The standard InChI is InChI=1S/C25H25N3O5S/c1-34(30,31)21-5-6-22-18(15-21)8-13-28(22)25-7-4-20(16-26-25)33-19-9-11-27(12-10-19)17-23(29)24-3-2-14-32-24/h2-8,13-16,19H,9-12,17H2,1H3. The van der Waals surface area contributed by atoms with Gasteiger partial charge in [0.1, 0.15) is 17.7 Å². The van der Waals surface area contributed by atoms with E-state index in [1.807, 2.05) is 29.0 Å². The second kappa shape index (κ2) is 9.08. The molecule has 0 unspecified atom stereocenters. The van der Waals surface area contributed by atoms with E-state index in [9.17, 15) is 13.2 Å². The number of ketones is 1. The molecule has 9 heteroatoms. The largest absolute Gasteiger partial charge is 0.489 e. The molecule has 5 rings (SSSR count). The molecule has 4 heterocycles. The van der Waals surface area contributed by atoms with Crippen molar-refractivity contribution in [1.82, 2.24) is 14.5 Å². The molecule has 176 valence electrons. The number of likely N-dealkylation sites (tertiary alicyclic amines) is 1. The number of carbonyl (C=O) groups excluding carboxylic acids is 1. The van der Waals surface area contributed by atoms with E-state index >= 15 is 0 Å². The van der Waals surface area contributed by atoms with Crippen LogP contribution >= 0.6 is 0 Å². The van der Waals surface area contributed by atoms with Crippen molar-refractivity contribution in [1.29, 1.82) is 0 Å². The Kier molecular flexibility index (Phi) is 5.97. The number of pyridine rings is 1. The lowest BCUT2D eigenvalue weighted by Crippen LogP contribution is -2.40. The Hall–Kier alpha value is -3.43. The molecule has 1 fully saturated rings. The summed E-state index contributed by atoms with van der Waals surface area (Å²) in [5, 5.41) is 0.836. The summed E-state index contributed by atoms with van der Waals surface area (Å²) in [5.41, 5.74) is 0.880. The molecule has 1 aliphatic rings. The van der Waals surface area contributed by atoms with Crippen LogP contribution in [0.25, 0.3) is 16.7 Å². The van der Waals surface area contributed by atoms with Crippen LogP contribution in [0.2, 0.25) is 0 Å². The monoisotopic (exact) mass is 479 g/mol. The summed E-state index contributed by atoms with van der Waals surface area (Å²) in [5.74, 6) is 1.82. The Morgan fingerprint density at radius 3 is 2.65 bits per heavy atom. The minimum atomic E-state index is -3.25. The predicted molar refractivity (Wildman–Crippen MR) is 127 cm³/mol. The first-order valence-corrected chi connectivity index (χ1v) is 13.0. The third-order valence-electron chi connectivity index (χ3n) is 6.06. The Labute approximate surface area is 197 Å². The number of carbonyl (C=O) groups is 1. The molecule has 0 atom stereocenters. The molecule has 0 bridgehead atoms. The highest BCUT2D eigenvalue weighted by Crippen LogP contribution is 2.25. The molecule has 3 aromatic heterocycles. The van der Waals surface area contributed by atoms with Crippen molar-refractivity contribution in [3.8, 4) is 11.6 Å². The van der Waals surface area contributed by atoms with Crippen molar-refractivity contribution in [3.05, 3.63) is 72.9 Å².